The van der Waals surface area contributed by atoms with E-state index in [1.165, 1.54) is 11.1 Å². The summed E-state index contributed by atoms with van der Waals surface area (Å²) in [4.78, 5) is 0. The van der Waals surface area contributed by atoms with Gasteiger partial charge in [0.1, 0.15) is 0 Å². The zero-order valence-corrected chi connectivity index (χ0v) is 11.2. The predicted octanol–water partition coefficient (Wildman–Crippen LogP) is 2.65. The Morgan fingerprint density at radius 1 is 1.24 bits per heavy atom. The average Bonchev–Trinajstić information content (AvgIpc) is 2.62. The summed E-state index contributed by atoms with van der Waals surface area (Å²) < 4.78 is 0. The number of rotatable bonds is 1. The van der Waals surface area contributed by atoms with E-state index < -0.39 is 5.60 Å². The summed E-state index contributed by atoms with van der Waals surface area (Å²) >= 11 is 0. The van der Waals surface area contributed by atoms with E-state index >= 15 is 0 Å². The molecule has 0 aromatic rings. The fourth-order valence-corrected chi connectivity index (χ4v) is 4.66. The molecule has 3 rings (SSSR count). The van der Waals surface area contributed by atoms with Crippen LogP contribution >= 0.6 is 0 Å². The maximum atomic E-state index is 10.8. The molecule has 2 N–H and O–H groups in total. The third-order valence-electron chi connectivity index (χ3n) is 6.07. The largest absolute Gasteiger partial charge is 0.396 e. The Bertz CT molecular complexity index is 400. The molecule has 0 aliphatic heterocycles. The number of allylic oxidation sites excluding steroid dienone is 1. The Morgan fingerprint density at radius 3 is 2.47 bits per heavy atom. The second kappa shape index (κ2) is 3.16. The Morgan fingerprint density at radius 2 is 1.94 bits per heavy atom. The first-order chi connectivity index (χ1) is 7.84. The van der Waals surface area contributed by atoms with E-state index in [2.05, 4.69) is 20.8 Å². The zero-order valence-electron chi connectivity index (χ0n) is 11.2. The highest BCUT2D eigenvalue weighted by atomic mass is 16.3. The van der Waals surface area contributed by atoms with Crippen LogP contribution in [0.15, 0.2) is 11.1 Å². The first kappa shape index (κ1) is 11.7. The van der Waals surface area contributed by atoms with Gasteiger partial charge in [-0.3, -0.25) is 0 Å². The van der Waals surface area contributed by atoms with Gasteiger partial charge in [0.2, 0.25) is 0 Å². The normalized spacial score (nSPS) is 53.1. The van der Waals surface area contributed by atoms with Crippen LogP contribution in [0.3, 0.4) is 0 Å². The molecule has 3 aliphatic carbocycles. The van der Waals surface area contributed by atoms with E-state index in [9.17, 15) is 10.2 Å². The lowest BCUT2D eigenvalue weighted by Gasteiger charge is -2.59. The van der Waals surface area contributed by atoms with Gasteiger partial charge in [-0.15, -0.1) is 0 Å². The van der Waals surface area contributed by atoms with Crippen LogP contribution in [0.5, 0.6) is 0 Å². The Balaban J connectivity index is 2.02. The van der Waals surface area contributed by atoms with Crippen molar-refractivity contribution in [2.45, 2.75) is 58.5 Å². The van der Waals surface area contributed by atoms with Crippen molar-refractivity contribution < 1.29 is 10.2 Å². The van der Waals surface area contributed by atoms with Gasteiger partial charge in [0.05, 0.1) is 5.60 Å². The molecular weight excluding hydrogens is 212 g/mol. The highest BCUT2D eigenvalue weighted by Crippen LogP contribution is 2.65. The summed E-state index contributed by atoms with van der Waals surface area (Å²) in [6, 6.07) is 0. The van der Waals surface area contributed by atoms with Crippen LogP contribution < -0.4 is 0 Å². The van der Waals surface area contributed by atoms with Gasteiger partial charge in [-0.25, -0.2) is 0 Å². The number of hydrogen-bond acceptors (Lipinski definition) is 2. The molecule has 3 aliphatic rings. The smallest absolute Gasteiger partial charge is 0.0910 e. The summed E-state index contributed by atoms with van der Waals surface area (Å²) in [7, 11) is 0. The Kier molecular flexibility index (Phi) is 2.18. The monoisotopic (exact) mass is 236 g/mol. The van der Waals surface area contributed by atoms with Crippen molar-refractivity contribution in [3.8, 4) is 0 Å². The lowest BCUT2D eigenvalue weighted by atomic mass is 9.48. The second-order valence-electron chi connectivity index (χ2n) is 7.32. The fourth-order valence-electron chi connectivity index (χ4n) is 4.66. The van der Waals surface area contributed by atoms with E-state index in [-0.39, 0.29) is 17.4 Å². The van der Waals surface area contributed by atoms with Crippen LogP contribution in [0, 0.1) is 16.7 Å². The first-order valence-corrected chi connectivity index (χ1v) is 6.87. The van der Waals surface area contributed by atoms with E-state index in [1.54, 1.807) is 0 Å². The number of aliphatic hydroxyl groups excluding tert-OH is 1. The Labute approximate surface area is 104 Å². The highest BCUT2D eigenvalue weighted by molar-refractivity contribution is 5.38. The molecule has 2 saturated carbocycles. The summed E-state index contributed by atoms with van der Waals surface area (Å²) in [5.41, 5.74) is 2.32. The molecule has 0 saturated heterocycles. The zero-order chi connectivity index (χ0) is 12.5. The molecule has 0 radical (unpaired) electrons. The summed E-state index contributed by atoms with van der Waals surface area (Å²) in [5, 5.41) is 20.4. The molecule has 0 bridgehead atoms. The standard InChI is InChI=1S/C15H24O2/c1-10-12-8-13(2,9-16)6-11(12)7-14(3)4-5-15(10,14)17/h11,16-17H,4-9H2,1-3H3/t11-,13-,14-,15-/m1/s1. The summed E-state index contributed by atoms with van der Waals surface area (Å²) in [6.45, 7) is 6.82. The molecule has 17 heavy (non-hydrogen) atoms. The minimum atomic E-state index is -0.528. The van der Waals surface area contributed by atoms with Gasteiger partial charge in [-0.05, 0) is 55.9 Å². The van der Waals surface area contributed by atoms with Crippen LogP contribution in [0.1, 0.15) is 52.9 Å². The van der Waals surface area contributed by atoms with Crippen molar-refractivity contribution in [3.63, 3.8) is 0 Å². The minimum absolute atomic E-state index is 0.0533. The molecule has 2 nitrogen and oxygen atoms in total. The van der Waals surface area contributed by atoms with Crippen molar-refractivity contribution in [2.75, 3.05) is 6.61 Å². The molecule has 0 spiro atoms. The van der Waals surface area contributed by atoms with E-state index in [0.717, 1.165) is 32.1 Å². The van der Waals surface area contributed by atoms with Gasteiger partial charge >= 0.3 is 0 Å². The van der Waals surface area contributed by atoms with Crippen molar-refractivity contribution in [2.24, 2.45) is 16.7 Å². The molecule has 4 atom stereocenters. The fraction of sp³-hybridized carbons (Fsp3) is 0.867. The summed E-state index contributed by atoms with van der Waals surface area (Å²) in [5.74, 6) is 0.609. The maximum absolute atomic E-state index is 10.8. The lowest BCUT2D eigenvalue weighted by molar-refractivity contribution is -0.146. The molecule has 0 amide bonds. The van der Waals surface area contributed by atoms with Crippen LogP contribution in [-0.2, 0) is 0 Å². The van der Waals surface area contributed by atoms with E-state index in [1.807, 2.05) is 0 Å². The third-order valence-corrected chi connectivity index (χ3v) is 6.07. The van der Waals surface area contributed by atoms with Crippen LogP contribution in [0.2, 0.25) is 0 Å². The SMILES string of the molecule is CC1=C2C[C@](C)(CO)C[C@@H]2C[C@@]2(C)CC[C@@]12O. The second-order valence-corrected chi connectivity index (χ2v) is 7.32. The van der Waals surface area contributed by atoms with Gasteiger partial charge in [-0.1, -0.05) is 19.4 Å². The molecular formula is C15H24O2. The van der Waals surface area contributed by atoms with E-state index in [4.69, 9.17) is 0 Å². The molecule has 0 aromatic heterocycles. The van der Waals surface area contributed by atoms with Crippen LogP contribution in [0.4, 0.5) is 0 Å². The molecule has 0 aromatic carbocycles. The van der Waals surface area contributed by atoms with Gasteiger partial charge in [0.25, 0.3) is 0 Å². The Hall–Kier alpha value is -0.340. The van der Waals surface area contributed by atoms with Crippen LogP contribution in [0.25, 0.3) is 0 Å². The molecule has 2 fully saturated rings. The third kappa shape index (κ3) is 1.29. The quantitative estimate of drug-likeness (QED) is 0.687. The van der Waals surface area contributed by atoms with Crippen molar-refractivity contribution in [1.29, 1.82) is 0 Å². The molecule has 0 heterocycles. The topological polar surface area (TPSA) is 40.5 Å². The van der Waals surface area contributed by atoms with Gasteiger partial charge in [0.15, 0.2) is 0 Å². The lowest BCUT2D eigenvalue weighted by Crippen LogP contribution is -2.59. The predicted molar refractivity (Wildman–Crippen MR) is 67.5 cm³/mol. The van der Waals surface area contributed by atoms with Crippen molar-refractivity contribution in [3.05, 3.63) is 11.1 Å². The van der Waals surface area contributed by atoms with Gasteiger partial charge < -0.3 is 10.2 Å². The number of fused-ring (bicyclic) bond motifs is 2. The molecule has 2 heteroatoms. The highest BCUT2D eigenvalue weighted by Gasteiger charge is 2.61. The molecule has 0 unspecified atom stereocenters. The van der Waals surface area contributed by atoms with Gasteiger partial charge in [0, 0.05) is 12.0 Å². The number of aliphatic hydroxyl groups is 2. The minimum Gasteiger partial charge on any atom is -0.396 e. The van der Waals surface area contributed by atoms with Gasteiger partial charge in [-0.2, -0.15) is 0 Å². The average molecular weight is 236 g/mol. The van der Waals surface area contributed by atoms with Crippen molar-refractivity contribution in [1.82, 2.24) is 0 Å². The maximum Gasteiger partial charge on any atom is 0.0910 e. The van der Waals surface area contributed by atoms with E-state index in [0.29, 0.717) is 5.92 Å². The van der Waals surface area contributed by atoms with Crippen molar-refractivity contribution >= 4 is 0 Å². The number of hydrogen-bond donors (Lipinski definition) is 2. The summed E-state index contributed by atoms with van der Waals surface area (Å²) in [6.07, 6.45) is 5.29. The first-order valence-electron chi connectivity index (χ1n) is 6.87. The van der Waals surface area contributed by atoms with Crippen LogP contribution in [-0.4, -0.2) is 22.4 Å². The molecule has 96 valence electrons.